The predicted octanol–water partition coefficient (Wildman–Crippen LogP) is 6.98. The molecule has 0 radical (unpaired) electrons. The lowest BCUT2D eigenvalue weighted by atomic mass is 9.78. The van der Waals surface area contributed by atoms with Crippen LogP contribution in [0.3, 0.4) is 0 Å². The molecule has 1 aliphatic heterocycles. The molecule has 0 saturated carbocycles. The molecule has 5 aromatic rings. The summed E-state index contributed by atoms with van der Waals surface area (Å²) in [5.74, 6) is 1.03. The number of hydrogen-bond donors (Lipinski definition) is 0. The van der Waals surface area contributed by atoms with Crippen molar-refractivity contribution < 1.29 is 13.7 Å². The molecule has 0 spiro atoms. The highest BCUT2D eigenvalue weighted by Gasteiger charge is 2.52. The number of aromatic nitrogens is 1. The molecule has 180 valence electrons. The molecule has 2 aromatic heterocycles. The molecule has 0 amide bonds. The van der Waals surface area contributed by atoms with Crippen molar-refractivity contribution >= 4 is 34.6 Å². The lowest BCUT2D eigenvalue weighted by Gasteiger charge is -2.32. The van der Waals surface area contributed by atoms with Crippen LogP contribution in [0.1, 0.15) is 52.9 Å². The summed E-state index contributed by atoms with van der Waals surface area (Å²) in [5, 5.41) is 1.07. The van der Waals surface area contributed by atoms with Crippen molar-refractivity contribution in [1.82, 2.24) is 4.57 Å². The maximum atomic E-state index is 6.82. The third kappa shape index (κ3) is 2.73. The van der Waals surface area contributed by atoms with E-state index < -0.39 is 18.3 Å². The van der Waals surface area contributed by atoms with Gasteiger partial charge in [-0.3, -0.25) is 0 Å². The number of rotatable bonds is 2. The quantitative estimate of drug-likeness (QED) is 0.259. The minimum atomic E-state index is -0.423. The van der Waals surface area contributed by atoms with Crippen LogP contribution in [0, 0.1) is 0 Å². The van der Waals surface area contributed by atoms with E-state index in [9.17, 15) is 0 Å². The van der Waals surface area contributed by atoms with Gasteiger partial charge in [0.2, 0.25) is 0 Å². The van der Waals surface area contributed by atoms with E-state index >= 15 is 0 Å². The van der Waals surface area contributed by atoms with Crippen molar-refractivity contribution in [3.63, 3.8) is 0 Å². The van der Waals surface area contributed by atoms with E-state index in [1.807, 2.05) is 0 Å². The van der Waals surface area contributed by atoms with Gasteiger partial charge in [0.25, 0.3) is 0 Å². The highest BCUT2D eigenvalue weighted by molar-refractivity contribution is 6.62. The van der Waals surface area contributed by atoms with Gasteiger partial charge >= 0.3 is 7.12 Å². The minimum absolute atomic E-state index is 0.206. The Morgan fingerprint density at radius 3 is 2.14 bits per heavy atom. The molecule has 0 atom stereocenters. The molecule has 7 rings (SSSR count). The van der Waals surface area contributed by atoms with Crippen molar-refractivity contribution in [2.75, 3.05) is 0 Å². The minimum Gasteiger partial charge on any atom is -0.457 e. The Morgan fingerprint density at radius 2 is 1.42 bits per heavy atom. The molecule has 0 N–H and O–H groups in total. The highest BCUT2D eigenvalue weighted by Crippen LogP contribution is 2.54. The molecular formula is C31H30BNO3. The van der Waals surface area contributed by atoms with Gasteiger partial charge in [0.05, 0.1) is 16.7 Å². The fourth-order valence-electron chi connectivity index (χ4n) is 5.90. The predicted molar refractivity (Wildman–Crippen MR) is 146 cm³/mol. The summed E-state index contributed by atoms with van der Waals surface area (Å²) in [6, 6.07) is 25.7. The first-order chi connectivity index (χ1) is 17.1. The number of benzene rings is 3. The molecular weight excluding hydrogens is 445 g/mol. The maximum Gasteiger partial charge on any atom is 0.494 e. The van der Waals surface area contributed by atoms with Gasteiger partial charge in [0.15, 0.2) is 5.58 Å². The van der Waals surface area contributed by atoms with Gasteiger partial charge in [-0.1, -0.05) is 48.5 Å². The SMILES string of the molecule is CC1(C)c2ccccc2-c2c1oc1c3cc(B4OC(C)(C)C(C)(C)O4)ccc3n(-c3ccccc3)c21. The Hall–Kier alpha value is -3.28. The molecule has 3 heterocycles. The molecule has 5 heteroatoms. The fraction of sp³-hybridized carbons (Fsp3) is 0.290. The fourth-order valence-corrected chi connectivity index (χ4v) is 5.90. The van der Waals surface area contributed by atoms with Gasteiger partial charge in [0.1, 0.15) is 11.3 Å². The summed E-state index contributed by atoms with van der Waals surface area (Å²) in [4.78, 5) is 0. The largest absolute Gasteiger partial charge is 0.494 e. The topological polar surface area (TPSA) is 36.5 Å². The van der Waals surface area contributed by atoms with Crippen LogP contribution in [0.5, 0.6) is 0 Å². The second-order valence-corrected chi connectivity index (χ2v) is 11.7. The Kier molecular flexibility index (Phi) is 4.23. The van der Waals surface area contributed by atoms with E-state index in [0.717, 1.165) is 38.9 Å². The van der Waals surface area contributed by atoms with Crippen molar-refractivity contribution in [3.8, 4) is 16.8 Å². The monoisotopic (exact) mass is 475 g/mol. The Labute approximate surface area is 212 Å². The summed E-state index contributed by atoms with van der Waals surface area (Å²) >= 11 is 0. The van der Waals surface area contributed by atoms with Crippen molar-refractivity contribution in [2.24, 2.45) is 0 Å². The summed E-state index contributed by atoms with van der Waals surface area (Å²) < 4.78 is 21.9. The molecule has 1 fully saturated rings. The third-order valence-corrected chi connectivity index (χ3v) is 8.59. The molecule has 1 saturated heterocycles. The molecule has 0 unspecified atom stereocenters. The number of hydrogen-bond acceptors (Lipinski definition) is 3. The van der Waals surface area contributed by atoms with Gasteiger partial charge in [-0.15, -0.1) is 0 Å². The second kappa shape index (κ2) is 6.93. The van der Waals surface area contributed by atoms with Crippen LogP contribution >= 0.6 is 0 Å². The molecule has 1 aliphatic carbocycles. The van der Waals surface area contributed by atoms with Crippen LogP contribution in [0.15, 0.2) is 77.2 Å². The van der Waals surface area contributed by atoms with Gasteiger partial charge in [-0.25, -0.2) is 0 Å². The van der Waals surface area contributed by atoms with Crippen molar-refractivity contribution in [1.29, 1.82) is 0 Å². The Bertz CT molecular complexity index is 1660. The lowest BCUT2D eigenvalue weighted by molar-refractivity contribution is 0.00578. The second-order valence-electron chi connectivity index (χ2n) is 11.7. The van der Waals surface area contributed by atoms with E-state index in [-0.39, 0.29) is 5.41 Å². The van der Waals surface area contributed by atoms with Crippen molar-refractivity contribution in [3.05, 3.63) is 84.1 Å². The molecule has 3 aromatic carbocycles. The van der Waals surface area contributed by atoms with E-state index in [0.29, 0.717) is 0 Å². The first-order valence-corrected chi connectivity index (χ1v) is 12.7. The van der Waals surface area contributed by atoms with Crippen LogP contribution < -0.4 is 5.46 Å². The molecule has 2 aliphatic rings. The third-order valence-electron chi connectivity index (χ3n) is 8.59. The summed E-state index contributed by atoms with van der Waals surface area (Å²) in [6.45, 7) is 12.9. The lowest BCUT2D eigenvalue weighted by Crippen LogP contribution is -2.41. The molecule has 36 heavy (non-hydrogen) atoms. The van der Waals surface area contributed by atoms with Crippen LogP contribution in [0.4, 0.5) is 0 Å². The number of furan rings is 1. The first-order valence-electron chi connectivity index (χ1n) is 12.7. The Balaban J connectivity index is 1.54. The zero-order chi connectivity index (χ0) is 25.0. The van der Waals surface area contributed by atoms with Crippen molar-refractivity contribution in [2.45, 2.75) is 58.2 Å². The summed E-state index contributed by atoms with van der Waals surface area (Å²) in [7, 11) is -0.423. The van der Waals surface area contributed by atoms with Gasteiger partial charge in [-0.2, -0.15) is 0 Å². The van der Waals surface area contributed by atoms with Gasteiger partial charge < -0.3 is 18.3 Å². The van der Waals surface area contributed by atoms with Crippen LogP contribution in [0.25, 0.3) is 38.8 Å². The van der Waals surface area contributed by atoms with E-state index in [1.165, 1.54) is 16.7 Å². The number of fused-ring (bicyclic) bond motifs is 7. The van der Waals surface area contributed by atoms with Gasteiger partial charge in [0, 0.05) is 22.1 Å². The zero-order valence-electron chi connectivity index (χ0n) is 21.7. The Morgan fingerprint density at radius 1 is 0.750 bits per heavy atom. The zero-order valence-corrected chi connectivity index (χ0v) is 21.7. The van der Waals surface area contributed by atoms with E-state index in [2.05, 4.69) is 119 Å². The normalized spacial score (nSPS) is 19.2. The average Bonchev–Trinajstić information content (AvgIpc) is 3.50. The molecule has 0 bridgehead atoms. The average molecular weight is 475 g/mol. The highest BCUT2D eigenvalue weighted by atomic mass is 16.7. The molecule has 4 nitrogen and oxygen atoms in total. The summed E-state index contributed by atoms with van der Waals surface area (Å²) in [6.07, 6.45) is 0. The van der Waals surface area contributed by atoms with Crippen LogP contribution in [-0.4, -0.2) is 22.9 Å². The first kappa shape index (κ1) is 22.0. The number of para-hydroxylation sites is 1. The van der Waals surface area contributed by atoms with E-state index in [1.54, 1.807) is 0 Å². The van der Waals surface area contributed by atoms with Gasteiger partial charge in [-0.05, 0) is 82.4 Å². The van der Waals surface area contributed by atoms with Crippen LogP contribution in [-0.2, 0) is 14.7 Å². The smallest absolute Gasteiger partial charge is 0.457 e. The van der Waals surface area contributed by atoms with Crippen LogP contribution in [0.2, 0.25) is 0 Å². The summed E-state index contributed by atoms with van der Waals surface area (Å²) in [5.41, 5.74) is 8.04. The standard InChI is InChI=1S/C31H30BNO3/c1-29(2)23-15-11-10-14-21(23)25-26-27(34-28(25)29)22-18-19(32-35-30(3,4)31(5,6)36-32)16-17-24(22)33(26)20-12-8-7-9-13-20/h7-18H,1-6H3. The number of nitrogens with zero attached hydrogens (tertiary/aromatic N) is 1. The maximum absolute atomic E-state index is 6.82. The van der Waals surface area contributed by atoms with E-state index in [4.69, 9.17) is 13.7 Å².